The van der Waals surface area contributed by atoms with E-state index >= 15 is 0 Å². The summed E-state index contributed by atoms with van der Waals surface area (Å²) in [6, 6.07) is 6.06. The van der Waals surface area contributed by atoms with Crippen molar-refractivity contribution >= 4 is 17.5 Å². The first-order valence-electron chi connectivity index (χ1n) is 10.5. The number of piperidine rings is 1. The normalized spacial score (nSPS) is 17.2. The molecule has 0 bridgehead atoms. The molecule has 0 saturated carbocycles. The van der Waals surface area contributed by atoms with E-state index in [1.54, 1.807) is 0 Å². The molecule has 1 amide bonds. The molecule has 1 aliphatic rings. The fourth-order valence-electron chi connectivity index (χ4n) is 3.94. The highest BCUT2D eigenvalue weighted by Crippen LogP contribution is 2.26. The van der Waals surface area contributed by atoms with Crippen LogP contribution in [0.1, 0.15) is 49.7 Å². The second-order valence-corrected chi connectivity index (χ2v) is 7.71. The van der Waals surface area contributed by atoms with Gasteiger partial charge in [0.05, 0.1) is 18.4 Å². The monoisotopic (exact) mass is 396 g/mol. The van der Waals surface area contributed by atoms with Crippen LogP contribution in [0.15, 0.2) is 24.4 Å². The molecule has 1 atom stereocenters. The van der Waals surface area contributed by atoms with E-state index in [4.69, 9.17) is 0 Å². The highest BCUT2D eigenvalue weighted by atomic mass is 16.2. The highest BCUT2D eigenvalue weighted by molar-refractivity contribution is 5.78. The Balaban J connectivity index is 1.61. The Labute approximate surface area is 173 Å². The summed E-state index contributed by atoms with van der Waals surface area (Å²) in [5.41, 5.74) is 3.83. The fraction of sp³-hybridized carbons (Fsp3) is 0.545. The van der Waals surface area contributed by atoms with Gasteiger partial charge >= 0.3 is 0 Å². The topological polar surface area (TPSA) is 74.2 Å². The second kappa shape index (κ2) is 9.78. The van der Waals surface area contributed by atoms with Crippen LogP contribution in [0.4, 0.5) is 11.6 Å². The largest absolute Gasteiger partial charge is 0.342 e. The molecule has 0 aliphatic carbocycles. The molecule has 0 aromatic carbocycles. The number of aryl methyl sites for hydroxylation is 2. The lowest BCUT2D eigenvalue weighted by molar-refractivity contribution is -0.132. The number of carbonyl (C=O) groups is 1. The molecule has 2 aromatic heterocycles. The second-order valence-electron chi connectivity index (χ2n) is 7.71. The number of hydrogen-bond acceptors (Lipinski definition) is 6. The van der Waals surface area contributed by atoms with Gasteiger partial charge in [0.25, 0.3) is 0 Å². The minimum Gasteiger partial charge on any atom is -0.342 e. The standard InChI is InChI=1S/C22H32N6O/c1-5-28(6-2)21(29)15-27-11-7-8-18(14-27)20-10-9-19(13-23-20)26-22-24-16(3)12-17(4)25-22/h9-10,12-13,18H,5-8,11,14-15H2,1-4H3,(H,24,25,26)/t18-/m0/s1. The maximum Gasteiger partial charge on any atom is 0.236 e. The summed E-state index contributed by atoms with van der Waals surface area (Å²) in [5.74, 6) is 1.17. The van der Waals surface area contributed by atoms with Crippen molar-refractivity contribution in [1.82, 2.24) is 24.8 Å². The van der Waals surface area contributed by atoms with Crippen molar-refractivity contribution in [2.24, 2.45) is 0 Å². The Bertz CT molecular complexity index is 798. The minimum atomic E-state index is 0.219. The third kappa shape index (κ3) is 5.73. The number of aromatic nitrogens is 3. The number of carbonyl (C=O) groups excluding carboxylic acids is 1. The molecule has 1 aliphatic heterocycles. The molecular weight excluding hydrogens is 364 g/mol. The summed E-state index contributed by atoms with van der Waals surface area (Å²) in [6.07, 6.45) is 4.04. The van der Waals surface area contributed by atoms with Crippen molar-refractivity contribution in [2.75, 3.05) is 38.0 Å². The van der Waals surface area contributed by atoms with Crippen LogP contribution in [0.3, 0.4) is 0 Å². The molecule has 0 spiro atoms. The van der Waals surface area contributed by atoms with E-state index in [9.17, 15) is 4.79 Å². The van der Waals surface area contributed by atoms with Crippen LogP contribution in [0, 0.1) is 13.8 Å². The lowest BCUT2D eigenvalue weighted by Crippen LogP contribution is -2.43. The Morgan fingerprint density at radius 2 is 1.93 bits per heavy atom. The molecule has 7 heteroatoms. The first-order chi connectivity index (χ1) is 14.0. The third-order valence-corrected chi connectivity index (χ3v) is 5.42. The predicted octanol–water partition coefficient (Wildman–Crippen LogP) is 3.28. The van der Waals surface area contributed by atoms with Crippen LogP contribution >= 0.6 is 0 Å². The van der Waals surface area contributed by atoms with Gasteiger partial charge < -0.3 is 10.2 Å². The van der Waals surface area contributed by atoms with Gasteiger partial charge in [0.1, 0.15) is 0 Å². The van der Waals surface area contributed by atoms with Crippen molar-refractivity contribution in [3.05, 3.63) is 41.5 Å². The molecule has 29 heavy (non-hydrogen) atoms. The summed E-state index contributed by atoms with van der Waals surface area (Å²) in [6.45, 7) is 11.9. The third-order valence-electron chi connectivity index (χ3n) is 5.42. The number of amides is 1. The molecule has 0 unspecified atom stereocenters. The SMILES string of the molecule is CCN(CC)C(=O)CN1CCC[C@H](c2ccc(Nc3nc(C)cc(C)n3)cn2)C1. The van der Waals surface area contributed by atoms with Crippen LogP contribution in [0.2, 0.25) is 0 Å². The quantitative estimate of drug-likeness (QED) is 0.774. The smallest absolute Gasteiger partial charge is 0.236 e. The average molecular weight is 397 g/mol. The van der Waals surface area contributed by atoms with Crippen molar-refractivity contribution < 1.29 is 4.79 Å². The van der Waals surface area contributed by atoms with Crippen LogP contribution in [-0.2, 0) is 4.79 Å². The molecule has 1 N–H and O–H groups in total. The van der Waals surface area contributed by atoms with Gasteiger partial charge in [-0.05, 0) is 65.3 Å². The Morgan fingerprint density at radius 3 is 2.55 bits per heavy atom. The Hall–Kier alpha value is -2.54. The zero-order chi connectivity index (χ0) is 20.8. The summed E-state index contributed by atoms with van der Waals surface area (Å²) >= 11 is 0. The van der Waals surface area contributed by atoms with E-state index in [0.29, 0.717) is 18.4 Å². The molecule has 7 nitrogen and oxygen atoms in total. The number of rotatable bonds is 7. The van der Waals surface area contributed by atoms with Crippen LogP contribution in [-0.4, -0.2) is 63.4 Å². The number of anilines is 2. The lowest BCUT2D eigenvalue weighted by atomic mass is 9.94. The van der Waals surface area contributed by atoms with E-state index in [2.05, 4.69) is 31.2 Å². The first kappa shape index (κ1) is 21.2. The number of pyridine rings is 1. The molecule has 2 aromatic rings. The van der Waals surface area contributed by atoms with Gasteiger partial charge in [0, 0.05) is 42.6 Å². The van der Waals surface area contributed by atoms with Crippen molar-refractivity contribution in [3.8, 4) is 0 Å². The van der Waals surface area contributed by atoms with Crippen LogP contribution < -0.4 is 5.32 Å². The lowest BCUT2D eigenvalue weighted by Gasteiger charge is -2.33. The summed E-state index contributed by atoms with van der Waals surface area (Å²) in [4.78, 5) is 30.1. The van der Waals surface area contributed by atoms with Gasteiger partial charge in [-0.3, -0.25) is 14.7 Å². The van der Waals surface area contributed by atoms with Crippen molar-refractivity contribution in [2.45, 2.75) is 46.5 Å². The Kier molecular flexibility index (Phi) is 7.14. The predicted molar refractivity (Wildman–Crippen MR) is 115 cm³/mol. The van der Waals surface area contributed by atoms with E-state index in [1.165, 1.54) is 0 Å². The van der Waals surface area contributed by atoms with E-state index in [1.807, 2.05) is 50.9 Å². The first-order valence-corrected chi connectivity index (χ1v) is 10.5. The zero-order valence-electron chi connectivity index (χ0n) is 18.0. The maximum atomic E-state index is 12.4. The number of hydrogen-bond donors (Lipinski definition) is 1. The number of nitrogens with zero attached hydrogens (tertiary/aromatic N) is 5. The highest BCUT2D eigenvalue weighted by Gasteiger charge is 2.24. The van der Waals surface area contributed by atoms with Gasteiger partial charge in [-0.2, -0.15) is 0 Å². The molecule has 156 valence electrons. The van der Waals surface area contributed by atoms with E-state index < -0.39 is 0 Å². The van der Waals surface area contributed by atoms with Gasteiger partial charge in [0.2, 0.25) is 11.9 Å². The Morgan fingerprint density at radius 1 is 1.21 bits per heavy atom. The number of likely N-dealkylation sites (N-methyl/N-ethyl adjacent to an activating group) is 1. The summed E-state index contributed by atoms with van der Waals surface area (Å²) < 4.78 is 0. The van der Waals surface area contributed by atoms with E-state index in [-0.39, 0.29) is 5.91 Å². The number of likely N-dealkylation sites (tertiary alicyclic amines) is 1. The van der Waals surface area contributed by atoms with Gasteiger partial charge in [-0.1, -0.05) is 0 Å². The molecule has 3 heterocycles. The molecule has 0 radical (unpaired) electrons. The number of nitrogens with one attached hydrogen (secondary N) is 1. The van der Waals surface area contributed by atoms with Crippen LogP contribution in [0.5, 0.6) is 0 Å². The van der Waals surface area contributed by atoms with Crippen LogP contribution in [0.25, 0.3) is 0 Å². The van der Waals surface area contributed by atoms with Gasteiger partial charge in [0.15, 0.2) is 0 Å². The van der Waals surface area contributed by atoms with E-state index in [0.717, 1.165) is 61.8 Å². The molecule has 3 rings (SSSR count). The van der Waals surface area contributed by atoms with Crippen molar-refractivity contribution in [3.63, 3.8) is 0 Å². The molecule has 1 saturated heterocycles. The summed E-state index contributed by atoms with van der Waals surface area (Å²) in [7, 11) is 0. The van der Waals surface area contributed by atoms with Gasteiger partial charge in [-0.15, -0.1) is 0 Å². The molecular formula is C22H32N6O. The fourth-order valence-corrected chi connectivity index (χ4v) is 3.94. The van der Waals surface area contributed by atoms with Crippen molar-refractivity contribution in [1.29, 1.82) is 0 Å². The maximum absolute atomic E-state index is 12.4. The minimum absolute atomic E-state index is 0.219. The molecule has 1 fully saturated rings. The summed E-state index contributed by atoms with van der Waals surface area (Å²) in [5, 5.41) is 3.23. The van der Waals surface area contributed by atoms with Gasteiger partial charge in [-0.25, -0.2) is 9.97 Å². The zero-order valence-corrected chi connectivity index (χ0v) is 18.0. The average Bonchev–Trinajstić information content (AvgIpc) is 2.69.